The Labute approximate surface area is 201 Å². The zero-order chi connectivity index (χ0) is 23.2. The van der Waals surface area contributed by atoms with Crippen LogP contribution >= 0.6 is 23.6 Å². The largest absolute Gasteiger partial charge is 0.493 e. The fourth-order valence-electron chi connectivity index (χ4n) is 3.88. The number of ether oxygens (including phenoxy) is 3. The highest BCUT2D eigenvalue weighted by Gasteiger charge is 2.25. The number of aromatic nitrogens is 3. The van der Waals surface area contributed by atoms with Gasteiger partial charge in [-0.15, -0.1) is 11.3 Å². The Morgan fingerprint density at radius 1 is 1.27 bits per heavy atom. The third-order valence-corrected chi connectivity index (χ3v) is 6.75. The Morgan fingerprint density at radius 2 is 2.06 bits per heavy atom. The van der Waals surface area contributed by atoms with Crippen molar-refractivity contribution >= 4 is 29.5 Å². The lowest BCUT2D eigenvalue weighted by Crippen LogP contribution is -2.44. The molecule has 3 aromatic rings. The zero-order valence-electron chi connectivity index (χ0n) is 18.6. The molecule has 1 saturated heterocycles. The van der Waals surface area contributed by atoms with Gasteiger partial charge in [0.05, 0.1) is 38.4 Å². The summed E-state index contributed by atoms with van der Waals surface area (Å²) >= 11 is 6.90. The van der Waals surface area contributed by atoms with Crippen LogP contribution in [0.5, 0.6) is 11.5 Å². The lowest BCUT2D eigenvalue weighted by molar-refractivity contribution is -0.122. The van der Waals surface area contributed by atoms with Gasteiger partial charge in [0, 0.05) is 19.6 Å². The number of aromatic amines is 1. The standard InChI is InChI=1S/C22H27N5O4S2/c1-29-17-6-5-15(12-18(17)30-2)16(26-7-9-31-10-8-26)13-23-20(28)14-27-21(24-25-22(27)32)19-4-3-11-33-19/h3-6,11-12,16H,7-10,13-14H2,1-2H3,(H,23,28)(H,25,32)/t16-/m0/s1. The predicted molar refractivity (Wildman–Crippen MR) is 128 cm³/mol. The number of thiophene rings is 1. The number of hydrogen-bond acceptors (Lipinski definition) is 8. The van der Waals surface area contributed by atoms with Gasteiger partial charge in [0.15, 0.2) is 22.1 Å². The Kier molecular flexibility index (Phi) is 7.76. The first-order valence-electron chi connectivity index (χ1n) is 10.6. The average molecular weight is 490 g/mol. The number of nitrogens with one attached hydrogen (secondary N) is 2. The summed E-state index contributed by atoms with van der Waals surface area (Å²) in [5, 5.41) is 12.1. The van der Waals surface area contributed by atoms with Crippen LogP contribution in [0.15, 0.2) is 35.7 Å². The number of amides is 1. The van der Waals surface area contributed by atoms with E-state index in [-0.39, 0.29) is 18.5 Å². The molecule has 11 heteroatoms. The Balaban J connectivity index is 1.50. The number of carbonyl (C=O) groups is 1. The van der Waals surface area contributed by atoms with E-state index < -0.39 is 0 Å². The first kappa shape index (κ1) is 23.4. The average Bonchev–Trinajstić information content (AvgIpc) is 3.50. The van der Waals surface area contributed by atoms with Crippen LogP contribution in [0, 0.1) is 4.77 Å². The zero-order valence-corrected chi connectivity index (χ0v) is 20.2. The van der Waals surface area contributed by atoms with E-state index in [1.807, 2.05) is 35.7 Å². The molecule has 9 nitrogen and oxygen atoms in total. The minimum absolute atomic E-state index is 0.0354. The summed E-state index contributed by atoms with van der Waals surface area (Å²) in [6.07, 6.45) is 0. The number of benzene rings is 1. The van der Waals surface area contributed by atoms with E-state index in [4.69, 9.17) is 26.4 Å². The summed E-state index contributed by atoms with van der Waals surface area (Å²) in [5.41, 5.74) is 1.04. The van der Waals surface area contributed by atoms with Crippen molar-refractivity contribution in [3.8, 4) is 22.2 Å². The van der Waals surface area contributed by atoms with E-state index in [2.05, 4.69) is 20.4 Å². The molecule has 0 bridgehead atoms. The maximum atomic E-state index is 12.9. The molecule has 176 valence electrons. The van der Waals surface area contributed by atoms with E-state index >= 15 is 0 Å². The van der Waals surface area contributed by atoms with Crippen LogP contribution in [0.25, 0.3) is 10.7 Å². The van der Waals surface area contributed by atoms with Crippen molar-refractivity contribution in [3.63, 3.8) is 0 Å². The molecule has 1 fully saturated rings. The van der Waals surface area contributed by atoms with Crippen molar-refractivity contribution in [2.24, 2.45) is 0 Å². The van der Waals surface area contributed by atoms with Crippen molar-refractivity contribution < 1.29 is 19.0 Å². The van der Waals surface area contributed by atoms with E-state index in [0.29, 0.717) is 41.9 Å². The molecule has 0 spiro atoms. The van der Waals surface area contributed by atoms with E-state index in [9.17, 15) is 4.79 Å². The number of hydrogen-bond donors (Lipinski definition) is 2. The van der Waals surface area contributed by atoms with Crippen LogP contribution in [0.1, 0.15) is 11.6 Å². The van der Waals surface area contributed by atoms with Crippen LogP contribution in [-0.4, -0.2) is 72.6 Å². The van der Waals surface area contributed by atoms with Gasteiger partial charge in [-0.05, 0) is 41.4 Å². The second-order valence-corrected chi connectivity index (χ2v) is 8.83. The van der Waals surface area contributed by atoms with Crippen molar-refractivity contribution in [3.05, 3.63) is 46.0 Å². The van der Waals surface area contributed by atoms with Gasteiger partial charge in [0.25, 0.3) is 0 Å². The first-order chi connectivity index (χ1) is 16.1. The molecule has 0 unspecified atom stereocenters. The maximum absolute atomic E-state index is 12.9. The van der Waals surface area contributed by atoms with Crippen LogP contribution in [0.4, 0.5) is 0 Å². The third kappa shape index (κ3) is 5.44. The highest BCUT2D eigenvalue weighted by Crippen LogP contribution is 2.32. The molecule has 1 aliphatic rings. The van der Waals surface area contributed by atoms with Crippen LogP contribution in [-0.2, 0) is 16.1 Å². The molecule has 1 atom stereocenters. The molecule has 1 amide bonds. The van der Waals surface area contributed by atoms with Crippen LogP contribution in [0.2, 0.25) is 0 Å². The monoisotopic (exact) mass is 489 g/mol. The summed E-state index contributed by atoms with van der Waals surface area (Å²) in [5.74, 6) is 1.85. The molecule has 33 heavy (non-hydrogen) atoms. The topological polar surface area (TPSA) is 93.6 Å². The number of H-pyrrole nitrogens is 1. The first-order valence-corrected chi connectivity index (χ1v) is 11.9. The molecule has 0 aliphatic carbocycles. The number of rotatable bonds is 9. The maximum Gasteiger partial charge on any atom is 0.240 e. The van der Waals surface area contributed by atoms with Gasteiger partial charge in [-0.1, -0.05) is 12.1 Å². The molecule has 1 aromatic carbocycles. The van der Waals surface area contributed by atoms with E-state index in [0.717, 1.165) is 23.5 Å². The predicted octanol–water partition coefficient (Wildman–Crippen LogP) is 2.88. The normalized spacial score (nSPS) is 15.2. The lowest BCUT2D eigenvalue weighted by atomic mass is 10.0. The fourth-order valence-corrected chi connectivity index (χ4v) is 4.79. The van der Waals surface area contributed by atoms with E-state index in [1.165, 1.54) is 0 Å². The minimum Gasteiger partial charge on any atom is -0.493 e. The Hall–Kier alpha value is -2.73. The van der Waals surface area contributed by atoms with Gasteiger partial charge in [0.1, 0.15) is 6.54 Å². The van der Waals surface area contributed by atoms with E-state index in [1.54, 1.807) is 30.1 Å². The second-order valence-electron chi connectivity index (χ2n) is 7.50. The molecule has 0 saturated carbocycles. The summed E-state index contributed by atoms with van der Waals surface area (Å²) < 4.78 is 18.5. The summed E-state index contributed by atoms with van der Waals surface area (Å²) in [6.45, 7) is 3.41. The smallest absolute Gasteiger partial charge is 0.240 e. The van der Waals surface area contributed by atoms with Gasteiger partial charge in [-0.2, -0.15) is 5.10 Å². The molecule has 0 radical (unpaired) electrons. The molecular formula is C22H27N5O4S2. The Morgan fingerprint density at radius 3 is 2.76 bits per heavy atom. The summed E-state index contributed by atoms with van der Waals surface area (Å²) in [7, 11) is 3.23. The van der Waals surface area contributed by atoms with Gasteiger partial charge >= 0.3 is 0 Å². The molecule has 3 heterocycles. The summed E-state index contributed by atoms with van der Waals surface area (Å²) in [4.78, 5) is 16.2. The number of nitrogens with zero attached hydrogens (tertiary/aromatic N) is 3. The molecule has 1 aliphatic heterocycles. The van der Waals surface area contributed by atoms with Crippen molar-refractivity contribution in [2.75, 3.05) is 47.1 Å². The molecule has 2 N–H and O–H groups in total. The van der Waals surface area contributed by atoms with Gasteiger partial charge in [-0.25, -0.2) is 0 Å². The van der Waals surface area contributed by atoms with Gasteiger partial charge in [0.2, 0.25) is 5.91 Å². The number of morpholine rings is 1. The van der Waals surface area contributed by atoms with Gasteiger partial charge < -0.3 is 19.5 Å². The van der Waals surface area contributed by atoms with Crippen molar-refractivity contribution in [1.82, 2.24) is 25.0 Å². The fraction of sp³-hybridized carbons (Fsp3) is 0.409. The van der Waals surface area contributed by atoms with Crippen LogP contribution < -0.4 is 14.8 Å². The quantitative estimate of drug-likeness (QED) is 0.447. The van der Waals surface area contributed by atoms with Gasteiger partial charge in [-0.3, -0.25) is 19.4 Å². The number of carbonyl (C=O) groups excluding carboxylic acids is 1. The lowest BCUT2D eigenvalue weighted by Gasteiger charge is -2.35. The second kappa shape index (κ2) is 10.9. The summed E-state index contributed by atoms with van der Waals surface area (Å²) in [6, 6.07) is 9.72. The highest BCUT2D eigenvalue weighted by atomic mass is 32.1. The van der Waals surface area contributed by atoms with Crippen LogP contribution in [0.3, 0.4) is 0 Å². The molecular weight excluding hydrogens is 462 g/mol. The third-order valence-electron chi connectivity index (χ3n) is 5.57. The van der Waals surface area contributed by atoms with Crippen molar-refractivity contribution in [1.29, 1.82) is 0 Å². The Bertz CT molecular complexity index is 1120. The molecule has 2 aromatic heterocycles. The van der Waals surface area contributed by atoms with Crippen molar-refractivity contribution in [2.45, 2.75) is 12.6 Å². The number of methoxy groups -OCH3 is 2. The minimum atomic E-state index is -0.135. The molecule has 4 rings (SSSR count). The highest BCUT2D eigenvalue weighted by molar-refractivity contribution is 7.71. The SMILES string of the molecule is COc1ccc([C@H](CNC(=O)Cn2c(-c3cccs3)n[nH]c2=S)N2CCOCC2)cc1OC.